The molecule has 3 nitrogen and oxygen atoms in total. The van der Waals surface area contributed by atoms with Gasteiger partial charge in [0, 0.05) is 31.0 Å². The van der Waals surface area contributed by atoms with E-state index < -0.39 is 0 Å². The topological polar surface area (TPSA) is 31.1 Å². The molecule has 1 aliphatic heterocycles. The van der Waals surface area contributed by atoms with E-state index in [2.05, 4.69) is 41.4 Å². The number of hydrogen-bond donors (Lipinski definition) is 2. The van der Waals surface area contributed by atoms with Gasteiger partial charge in [-0.25, -0.2) is 0 Å². The molecule has 0 spiro atoms. The first-order valence-electron chi connectivity index (χ1n) is 5.81. The predicted molar refractivity (Wildman–Crippen MR) is 62.7 cm³/mol. The molecule has 2 N–H and O–H groups in total. The van der Waals surface area contributed by atoms with E-state index in [1.54, 1.807) is 0 Å². The Morgan fingerprint density at radius 2 is 2.47 bits per heavy atom. The Kier molecular flexibility index (Phi) is 3.44. The molecule has 1 aromatic rings. The minimum absolute atomic E-state index is 0.686. The molecule has 2 atom stereocenters. The third-order valence-electron chi connectivity index (χ3n) is 3.47. The Balaban J connectivity index is 1.76. The highest BCUT2D eigenvalue weighted by Crippen LogP contribution is 2.15. The van der Waals surface area contributed by atoms with Crippen molar-refractivity contribution >= 4 is 0 Å². The molecule has 84 valence electrons. The Labute approximate surface area is 91.9 Å². The summed E-state index contributed by atoms with van der Waals surface area (Å²) in [5.41, 5.74) is 1.35. The highest BCUT2D eigenvalue weighted by Gasteiger charge is 2.21. The Morgan fingerprint density at radius 1 is 1.60 bits per heavy atom. The first kappa shape index (κ1) is 10.7. The van der Waals surface area contributed by atoms with Gasteiger partial charge >= 0.3 is 0 Å². The van der Waals surface area contributed by atoms with E-state index in [4.69, 9.17) is 0 Å². The van der Waals surface area contributed by atoms with Crippen LogP contribution < -0.4 is 5.32 Å². The van der Waals surface area contributed by atoms with E-state index in [0.717, 1.165) is 6.54 Å². The molecule has 1 aliphatic rings. The number of likely N-dealkylation sites (tertiary alicyclic amines) is 1. The molecule has 2 unspecified atom stereocenters. The van der Waals surface area contributed by atoms with Crippen LogP contribution in [0, 0.1) is 0 Å². The average molecular weight is 207 g/mol. The van der Waals surface area contributed by atoms with Crippen molar-refractivity contribution in [2.75, 3.05) is 13.6 Å². The molecule has 1 fully saturated rings. The second-order valence-corrected chi connectivity index (χ2v) is 4.65. The van der Waals surface area contributed by atoms with Crippen molar-refractivity contribution in [1.29, 1.82) is 0 Å². The number of H-pyrrole nitrogens is 1. The number of nitrogens with zero attached hydrogens (tertiary/aromatic N) is 1. The molecule has 1 aromatic heterocycles. The fourth-order valence-electron chi connectivity index (χ4n) is 2.21. The van der Waals surface area contributed by atoms with Gasteiger partial charge in [-0.15, -0.1) is 0 Å². The molecule has 0 aromatic carbocycles. The zero-order chi connectivity index (χ0) is 10.7. The summed E-state index contributed by atoms with van der Waals surface area (Å²) in [6.07, 6.45) is 6.58. The van der Waals surface area contributed by atoms with Gasteiger partial charge in [0.25, 0.3) is 0 Å². The molecule has 0 amide bonds. The van der Waals surface area contributed by atoms with Crippen molar-refractivity contribution in [3.8, 4) is 0 Å². The van der Waals surface area contributed by atoms with Crippen LogP contribution in [0.5, 0.6) is 0 Å². The van der Waals surface area contributed by atoms with Crippen LogP contribution in [0.2, 0.25) is 0 Å². The fourth-order valence-corrected chi connectivity index (χ4v) is 2.21. The van der Waals surface area contributed by atoms with Crippen molar-refractivity contribution in [2.45, 2.75) is 38.4 Å². The lowest BCUT2D eigenvalue weighted by Crippen LogP contribution is -2.45. The second kappa shape index (κ2) is 4.81. The molecular weight excluding hydrogens is 186 g/mol. The quantitative estimate of drug-likeness (QED) is 0.788. The molecule has 2 heterocycles. The molecule has 0 aliphatic carbocycles. The van der Waals surface area contributed by atoms with E-state index in [9.17, 15) is 0 Å². The summed E-state index contributed by atoms with van der Waals surface area (Å²) in [4.78, 5) is 5.52. The van der Waals surface area contributed by atoms with E-state index in [1.165, 1.54) is 24.9 Å². The van der Waals surface area contributed by atoms with Gasteiger partial charge in [0.15, 0.2) is 0 Å². The lowest BCUT2D eigenvalue weighted by molar-refractivity contribution is 0.168. The van der Waals surface area contributed by atoms with Gasteiger partial charge in [-0.3, -0.25) is 0 Å². The van der Waals surface area contributed by atoms with E-state index in [1.807, 2.05) is 6.20 Å². The lowest BCUT2D eigenvalue weighted by atomic mass is 9.99. The minimum Gasteiger partial charge on any atom is -0.367 e. The third-order valence-corrected chi connectivity index (χ3v) is 3.47. The number of piperidine rings is 1. The molecule has 1 saturated heterocycles. The van der Waals surface area contributed by atoms with Gasteiger partial charge in [0.1, 0.15) is 0 Å². The molecule has 0 saturated carbocycles. The fraction of sp³-hybridized carbons (Fsp3) is 0.667. The Bertz CT molecular complexity index is 281. The van der Waals surface area contributed by atoms with Gasteiger partial charge in [0.2, 0.25) is 0 Å². The average Bonchev–Trinajstić information content (AvgIpc) is 2.73. The van der Waals surface area contributed by atoms with E-state index >= 15 is 0 Å². The SMILES string of the molecule is CC1CC(NCc2cc[nH]c2)CCN1C. The lowest BCUT2D eigenvalue weighted by Gasteiger charge is -2.35. The van der Waals surface area contributed by atoms with Gasteiger partial charge in [-0.05, 0) is 45.0 Å². The minimum atomic E-state index is 0.686. The Hall–Kier alpha value is -0.800. The van der Waals surface area contributed by atoms with Crippen LogP contribution in [0.1, 0.15) is 25.3 Å². The van der Waals surface area contributed by atoms with Crippen LogP contribution in [-0.4, -0.2) is 35.6 Å². The second-order valence-electron chi connectivity index (χ2n) is 4.65. The summed E-state index contributed by atoms with van der Waals surface area (Å²) in [6.45, 7) is 4.51. The summed E-state index contributed by atoms with van der Waals surface area (Å²) in [5, 5.41) is 3.63. The summed E-state index contributed by atoms with van der Waals surface area (Å²) in [7, 11) is 2.22. The molecule has 0 bridgehead atoms. The van der Waals surface area contributed by atoms with Crippen LogP contribution >= 0.6 is 0 Å². The number of aromatic nitrogens is 1. The summed E-state index contributed by atoms with van der Waals surface area (Å²) in [6, 6.07) is 3.53. The maximum atomic E-state index is 3.63. The third kappa shape index (κ3) is 2.83. The highest BCUT2D eigenvalue weighted by atomic mass is 15.1. The van der Waals surface area contributed by atoms with Crippen molar-refractivity contribution in [3.63, 3.8) is 0 Å². The predicted octanol–water partition coefficient (Wildman–Crippen LogP) is 1.59. The monoisotopic (exact) mass is 207 g/mol. The standard InChI is InChI=1S/C12H21N3/c1-10-7-12(4-6-15(10)2)14-9-11-3-5-13-8-11/h3,5,8,10,12-14H,4,6-7,9H2,1-2H3. The number of hydrogen-bond acceptors (Lipinski definition) is 2. The number of nitrogens with one attached hydrogen (secondary N) is 2. The van der Waals surface area contributed by atoms with E-state index in [-0.39, 0.29) is 0 Å². The van der Waals surface area contributed by atoms with Crippen LogP contribution in [-0.2, 0) is 6.54 Å². The van der Waals surface area contributed by atoms with Crippen molar-refractivity contribution in [2.24, 2.45) is 0 Å². The van der Waals surface area contributed by atoms with Gasteiger partial charge < -0.3 is 15.2 Å². The van der Waals surface area contributed by atoms with Gasteiger partial charge in [-0.1, -0.05) is 0 Å². The molecule has 0 radical (unpaired) electrons. The molecule has 15 heavy (non-hydrogen) atoms. The normalized spacial score (nSPS) is 28.1. The van der Waals surface area contributed by atoms with Crippen molar-refractivity contribution < 1.29 is 0 Å². The van der Waals surface area contributed by atoms with Crippen LogP contribution in [0.4, 0.5) is 0 Å². The van der Waals surface area contributed by atoms with Crippen LogP contribution in [0.15, 0.2) is 18.5 Å². The molecule has 3 heteroatoms. The number of aromatic amines is 1. The zero-order valence-electron chi connectivity index (χ0n) is 9.66. The van der Waals surface area contributed by atoms with Crippen LogP contribution in [0.3, 0.4) is 0 Å². The van der Waals surface area contributed by atoms with Gasteiger partial charge in [-0.2, -0.15) is 0 Å². The van der Waals surface area contributed by atoms with Gasteiger partial charge in [0.05, 0.1) is 0 Å². The highest BCUT2D eigenvalue weighted by molar-refractivity contribution is 5.07. The largest absolute Gasteiger partial charge is 0.367 e. The smallest absolute Gasteiger partial charge is 0.0223 e. The summed E-state index contributed by atoms with van der Waals surface area (Å²) >= 11 is 0. The summed E-state index contributed by atoms with van der Waals surface area (Å²) < 4.78 is 0. The first-order chi connectivity index (χ1) is 7.25. The Morgan fingerprint density at radius 3 is 3.13 bits per heavy atom. The van der Waals surface area contributed by atoms with Crippen LogP contribution in [0.25, 0.3) is 0 Å². The van der Waals surface area contributed by atoms with E-state index in [0.29, 0.717) is 12.1 Å². The number of rotatable bonds is 3. The van der Waals surface area contributed by atoms with Crippen molar-refractivity contribution in [1.82, 2.24) is 15.2 Å². The molecule has 2 rings (SSSR count). The molecular formula is C12H21N3. The van der Waals surface area contributed by atoms with Crippen molar-refractivity contribution in [3.05, 3.63) is 24.0 Å². The summed E-state index contributed by atoms with van der Waals surface area (Å²) in [5.74, 6) is 0. The maximum Gasteiger partial charge on any atom is 0.0223 e. The maximum absolute atomic E-state index is 3.63. The first-order valence-corrected chi connectivity index (χ1v) is 5.81. The zero-order valence-corrected chi connectivity index (χ0v) is 9.66.